The van der Waals surface area contributed by atoms with E-state index in [9.17, 15) is 19.8 Å². The Morgan fingerprint density at radius 1 is 1.00 bits per heavy atom. The molecule has 0 aliphatic heterocycles. The quantitative estimate of drug-likeness (QED) is 0.203. The summed E-state index contributed by atoms with van der Waals surface area (Å²) in [6.45, 7) is 0.228. The lowest BCUT2D eigenvalue weighted by atomic mass is 10.1. The van der Waals surface area contributed by atoms with Gasteiger partial charge in [0.1, 0.15) is 5.75 Å². The highest BCUT2D eigenvalue weighted by Gasteiger charge is 2.19. The molecule has 0 amide bonds. The zero-order valence-corrected chi connectivity index (χ0v) is 19.4. The maximum atomic E-state index is 13.4. The Bertz CT molecular complexity index is 1640. The van der Waals surface area contributed by atoms with Crippen LogP contribution < -0.4 is 10.3 Å². The van der Waals surface area contributed by atoms with Crippen LogP contribution in [-0.2, 0) is 6.54 Å². The molecule has 0 fully saturated rings. The molecule has 35 heavy (non-hydrogen) atoms. The third kappa shape index (κ3) is 4.08. The highest BCUT2D eigenvalue weighted by molar-refractivity contribution is 7.99. The van der Waals surface area contributed by atoms with Gasteiger partial charge in [-0.15, -0.1) is 10.2 Å². The lowest BCUT2D eigenvalue weighted by Crippen LogP contribution is -2.24. The molecule has 3 aromatic carbocycles. The second-order valence-electron chi connectivity index (χ2n) is 7.75. The second-order valence-corrected chi connectivity index (χ2v) is 8.70. The molecule has 0 radical (unpaired) electrons. The van der Waals surface area contributed by atoms with Gasteiger partial charge in [-0.1, -0.05) is 42.1 Å². The lowest BCUT2D eigenvalue weighted by Gasteiger charge is -2.13. The molecule has 0 aliphatic rings. The number of ether oxygens (including phenoxy) is 1. The Kier molecular flexibility index (Phi) is 5.87. The number of Topliss-reactive ketones (excluding diaryl/α,β-unsaturated/α-hetero) is 1. The summed E-state index contributed by atoms with van der Waals surface area (Å²) in [6.07, 6.45) is 0. The maximum absolute atomic E-state index is 13.4. The number of aromatic hydroxyl groups is 2. The summed E-state index contributed by atoms with van der Waals surface area (Å²) in [5.74, 6) is 0.107. The van der Waals surface area contributed by atoms with Crippen LogP contribution in [0.15, 0.2) is 76.7 Å². The van der Waals surface area contributed by atoms with E-state index in [0.29, 0.717) is 27.6 Å². The number of nitrogens with zero attached hydrogens (tertiary/aromatic N) is 4. The summed E-state index contributed by atoms with van der Waals surface area (Å²) in [5.41, 5.74) is 1.50. The van der Waals surface area contributed by atoms with E-state index >= 15 is 0 Å². The van der Waals surface area contributed by atoms with Gasteiger partial charge in [0.25, 0.3) is 5.56 Å². The van der Waals surface area contributed by atoms with Crippen molar-refractivity contribution in [3.05, 3.63) is 88.2 Å². The normalized spacial score (nSPS) is 11.2. The highest BCUT2D eigenvalue weighted by atomic mass is 32.2. The molecule has 2 N–H and O–H groups in total. The maximum Gasteiger partial charge on any atom is 0.263 e. The summed E-state index contributed by atoms with van der Waals surface area (Å²) >= 11 is 1.17. The van der Waals surface area contributed by atoms with Crippen LogP contribution in [0.1, 0.15) is 15.9 Å². The number of phenolic OH excluding ortho intramolecular Hbond substituents is 2. The number of hydrogen-bond donors (Lipinski definition) is 2. The molecule has 0 aliphatic carbocycles. The van der Waals surface area contributed by atoms with Crippen molar-refractivity contribution in [3.63, 3.8) is 0 Å². The van der Waals surface area contributed by atoms with Crippen LogP contribution in [0.3, 0.4) is 0 Å². The highest BCUT2D eigenvalue weighted by Crippen LogP contribution is 2.27. The third-order valence-corrected chi connectivity index (χ3v) is 6.56. The fourth-order valence-corrected chi connectivity index (χ4v) is 4.72. The molecular formula is C25H20N4O5S. The van der Waals surface area contributed by atoms with Crippen molar-refractivity contribution in [2.24, 2.45) is 0 Å². The van der Waals surface area contributed by atoms with Gasteiger partial charge in [0, 0.05) is 11.1 Å². The number of ketones is 1. The van der Waals surface area contributed by atoms with E-state index in [1.807, 2.05) is 36.4 Å². The molecule has 0 atom stereocenters. The van der Waals surface area contributed by atoms with E-state index in [2.05, 4.69) is 10.2 Å². The fraction of sp³-hybridized carbons (Fsp3) is 0.120. The number of benzene rings is 3. The molecule has 0 saturated carbocycles. The Labute approximate surface area is 203 Å². The lowest BCUT2D eigenvalue weighted by molar-refractivity contribution is 0.102. The van der Waals surface area contributed by atoms with Crippen LogP contribution >= 0.6 is 11.8 Å². The predicted octanol–water partition coefficient (Wildman–Crippen LogP) is 3.49. The van der Waals surface area contributed by atoms with E-state index in [1.165, 1.54) is 34.5 Å². The molecule has 0 spiro atoms. The number of fused-ring (bicyclic) bond motifs is 3. The molecule has 0 bridgehead atoms. The van der Waals surface area contributed by atoms with Gasteiger partial charge in [0.15, 0.2) is 22.4 Å². The van der Waals surface area contributed by atoms with E-state index in [0.717, 1.165) is 5.56 Å². The Morgan fingerprint density at radius 3 is 2.57 bits per heavy atom. The average molecular weight is 489 g/mol. The standard InChI is InChI=1S/C25H20N4O5S/c1-34-22-9-5-2-6-16(22)13-28-23(33)17-7-3-4-8-18(17)29-24(28)26-27-25(29)35-14-21(32)15-10-11-19(30)20(31)12-15/h2-12,30-31H,13-14H2,1H3. The first-order valence-electron chi connectivity index (χ1n) is 10.6. The summed E-state index contributed by atoms with van der Waals surface area (Å²) in [6, 6.07) is 18.6. The van der Waals surface area contributed by atoms with Gasteiger partial charge in [-0.05, 0) is 36.4 Å². The number of hydrogen-bond acceptors (Lipinski definition) is 8. The first-order chi connectivity index (χ1) is 17.0. The van der Waals surface area contributed by atoms with Crippen molar-refractivity contribution in [3.8, 4) is 17.2 Å². The van der Waals surface area contributed by atoms with Gasteiger partial charge in [0.2, 0.25) is 5.78 Å². The average Bonchev–Trinajstić information content (AvgIpc) is 3.31. The van der Waals surface area contributed by atoms with Crippen LogP contribution in [0, 0.1) is 0 Å². The first kappa shape index (κ1) is 22.5. The SMILES string of the molecule is COc1ccccc1Cn1c(=O)c2ccccc2n2c(SCC(=O)c3ccc(O)c(O)c3)nnc12. The Hall–Kier alpha value is -4.31. The zero-order valence-electron chi connectivity index (χ0n) is 18.6. The number of aromatic nitrogens is 4. The van der Waals surface area contributed by atoms with Crippen LogP contribution in [0.25, 0.3) is 16.7 Å². The minimum absolute atomic E-state index is 0.0188. The predicted molar refractivity (Wildman–Crippen MR) is 132 cm³/mol. The monoisotopic (exact) mass is 488 g/mol. The minimum atomic E-state index is -0.361. The number of rotatable bonds is 7. The van der Waals surface area contributed by atoms with Gasteiger partial charge < -0.3 is 14.9 Å². The molecule has 5 rings (SSSR count). The minimum Gasteiger partial charge on any atom is -0.504 e. The number of methoxy groups -OCH3 is 1. The van der Waals surface area contributed by atoms with Crippen molar-refractivity contribution >= 4 is 34.2 Å². The largest absolute Gasteiger partial charge is 0.504 e. The Morgan fingerprint density at radius 2 is 1.77 bits per heavy atom. The second kappa shape index (κ2) is 9.15. The zero-order chi connectivity index (χ0) is 24.5. The molecule has 0 saturated heterocycles. The van der Waals surface area contributed by atoms with Crippen LogP contribution in [0.2, 0.25) is 0 Å². The molecule has 0 unspecified atom stereocenters. The van der Waals surface area contributed by atoms with Gasteiger partial charge in [0.05, 0.1) is 30.3 Å². The van der Waals surface area contributed by atoms with Crippen LogP contribution in [0.5, 0.6) is 17.2 Å². The molecule has 176 valence electrons. The molecule has 10 heteroatoms. The molecule has 2 aromatic heterocycles. The first-order valence-corrected chi connectivity index (χ1v) is 11.6. The molecular weight excluding hydrogens is 468 g/mol. The van der Waals surface area contributed by atoms with Crippen LogP contribution in [0.4, 0.5) is 0 Å². The van der Waals surface area contributed by atoms with E-state index in [4.69, 9.17) is 4.74 Å². The van der Waals surface area contributed by atoms with E-state index < -0.39 is 0 Å². The fourth-order valence-electron chi connectivity index (χ4n) is 3.88. The van der Waals surface area contributed by atoms with Crippen molar-refractivity contribution in [1.82, 2.24) is 19.2 Å². The third-order valence-electron chi connectivity index (χ3n) is 5.63. The Balaban J connectivity index is 1.57. The van der Waals surface area contributed by atoms with Gasteiger partial charge >= 0.3 is 0 Å². The van der Waals surface area contributed by atoms with Crippen LogP contribution in [-0.4, -0.2) is 48.0 Å². The van der Waals surface area contributed by atoms with E-state index in [1.54, 1.807) is 23.6 Å². The summed E-state index contributed by atoms with van der Waals surface area (Å²) in [7, 11) is 1.58. The number of carbonyl (C=O) groups excluding carboxylic acids is 1. The van der Waals surface area contributed by atoms with Gasteiger partial charge in [-0.2, -0.15) is 0 Å². The van der Waals surface area contributed by atoms with Gasteiger partial charge in [-0.25, -0.2) is 0 Å². The number of carbonyl (C=O) groups is 1. The molecule has 9 nitrogen and oxygen atoms in total. The topological polar surface area (TPSA) is 119 Å². The van der Waals surface area contributed by atoms with E-state index in [-0.39, 0.29) is 40.7 Å². The number of thioether (sulfide) groups is 1. The number of para-hydroxylation sites is 2. The molecule has 2 heterocycles. The smallest absolute Gasteiger partial charge is 0.263 e. The summed E-state index contributed by atoms with van der Waals surface area (Å²) in [5, 5.41) is 28.7. The number of phenols is 2. The van der Waals surface area contributed by atoms with Crippen molar-refractivity contribution in [2.45, 2.75) is 11.7 Å². The van der Waals surface area contributed by atoms with Gasteiger partial charge in [-0.3, -0.25) is 18.6 Å². The summed E-state index contributed by atoms with van der Waals surface area (Å²) in [4.78, 5) is 26.1. The summed E-state index contributed by atoms with van der Waals surface area (Å²) < 4.78 is 8.75. The van der Waals surface area contributed by atoms with Crippen molar-refractivity contribution in [2.75, 3.05) is 12.9 Å². The van der Waals surface area contributed by atoms with Crippen molar-refractivity contribution < 1.29 is 19.7 Å². The molecule has 5 aromatic rings. The van der Waals surface area contributed by atoms with Crippen molar-refractivity contribution in [1.29, 1.82) is 0 Å².